The lowest BCUT2D eigenvalue weighted by molar-refractivity contribution is 0.103. The number of hydrogen-bond donors (Lipinski definition) is 0. The minimum absolute atomic E-state index is 0.0140. The number of hydrogen-bond acceptors (Lipinski definition) is 6. The normalized spacial score (nSPS) is 11.5. The van der Waals surface area contributed by atoms with Gasteiger partial charge in [-0.3, -0.25) is 9.59 Å². The number of carbonyl (C=O) groups excluding carboxylic acids is 2. The van der Waals surface area contributed by atoms with E-state index in [1.807, 2.05) is 0 Å². The van der Waals surface area contributed by atoms with Crippen LogP contribution in [-0.4, -0.2) is 32.6 Å². The summed E-state index contributed by atoms with van der Waals surface area (Å²) in [6.07, 6.45) is 0. The third kappa shape index (κ3) is 4.40. The fourth-order valence-corrected chi connectivity index (χ4v) is 5.48. The van der Waals surface area contributed by atoms with Crippen LogP contribution in [0.15, 0.2) is 54.6 Å². The summed E-state index contributed by atoms with van der Waals surface area (Å²) in [7, 11) is 0.802. The van der Waals surface area contributed by atoms with Crippen molar-refractivity contribution in [2.45, 2.75) is 0 Å². The maximum atomic E-state index is 13.4. The smallest absolute Gasteiger partial charge is 0.230 e. The number of carbonyl (C=O) groups is 2. The molecule has 0 bridgehead atoms. The molecule has 1 unspecified atom stereocenters. The molecule has 3 rings (SSSR count). The van der Waals surface area contributed by atoms with Crippen molar-refractivity contribution >= 4 is 47.6 Å². The molecular formula is C23H19Cl2O6P. The van der Waals surface area contributed by atoms with Gasteiger partial charge in [-0.2, -0.15) is 0 Å². The van der Waals surface area contributed by atoms with E-state index in [4.69, 9.17) is 37.4 Å². The molecule has 0 saturated heterocycles. The number of methoxy groups -OCH3 is 3. The summed E-state index contributed by atoms with van der Waals surface area (Å²) in [5.74, 6) is -0.0844. The van der Waals surface area contributed by atoms with Gasteiger partial charge in [-0.15, -0.1) is 0 Å². The number of ketones is 1. The number of rotatable bonds is 8. The first-order chi connectivity index (χ1) is 15.3. The van der Waals surface area contributed by atoms with Crippen LogP contribution in [0.25, 0.3) is 0 Å². The standard InChI is InChI=1S/C23H19Cl2O6P/c1-29-16-10-7-11-17(30-2)18(16)23(27)32(28)22-15(24)12-14(19(25)21(22)31-3)20(26)13-8-5-4-6-9-13/h4-12,32H,1-3H3. The average molecular weight is 493 g/mol. The van der Waals surface area contributed by atoms with Crippen LogP contribution in [0.5, 0.6) is 17.2 Å². The molecule has 0 heterocycles. The lowest BCUT2D eigenvalue weighted by atomic mass is 10.0. The Hall–Kier alpha value is -2.79. The van der Waals surface area contributed by atoms with Crippen molar-refractivity contribution in [3.63, 3.8) is 0 Å². The van der Waals surface area contributed by atoms with Crippen LogP contribution in [0.2, 0.25) is 10.0 Å². The van der Waals surface area contributed by atoms with Crippen LogP contribution in [-0.2, 0) is 4.57 Å². The van der Waals surface area contributed by atoms with Crippen molar-refractivity contribution in [2.75, 3.05) is 21.3 Å². The lowest BCUT2D eigenvalue weighted by Crippen LogP contribution is -2.14. The molecule has 0 aliphatic rings. The van der Waals surface area contributed by atoms with Crippen molar-refractivity contribution in [1.29, 1.82) is 0 Å². The molecule has 3 aromatic rings. The molecular weight excluding hydrogens is 474 g/mol. The Bertz CT molecular complexity index is 1190. The van der Waals surface area contributed by atoms with Gasteiger partial charge < -0.3 is 18.8 Å². The summed E-state index contributed by atoms with van der Waals surface area (Å²) in [6.45, 7) is 0. The third-order valence-corrected chi connectivity index (χ3v) is 7.19. The zero-order valence-electron chi connectivity index (χ0n) is 17.4. The highest BCUT2D eigenvalue weighted by Crippen LogP contribution is 2.43. The minimum atomic E-state index is -3.26. The molecule has 0 spiro atoms. The summed E-state index contributed by atoms with van der Waals surface area (Å²) in [6, 6.07) is 14.5. The summed E-state index contributed by atoms with van der Waals surface area (Å²) in [5, 5.41) is -0.234. The molecule has 6 nitrogen and oxygen atoms in total. The van der Waals surface area contributed by atoms with Crippen molar-refractivity contribution in [1.82, 2.24) is 0 Å². The van der Waals surface area contributed by atoms with E-state index in [2.05, 4.69) is 0 Å². The number of halogens is 2. The highest BCUT2D eigenvalue weighted by atomic mass is 35.5. The Balaban J connectivity index is 2.13. The predicted octanol–water partition coefficient (Wildman–Crippen LogP) is 5.28. The highest BCUT2D eigenvalue weighted by Gasteiger charge is 2.31. The second-order valence-corrected chi connectivity index (χ2v) is 8.92. The number of ether oxygens (including phenoxy) is 3. The van der Waals surface area contributed by atoms with Crippen LogP contribution in [0.1, 0.15) is 26.3 Å². The molecule has 0 amide bonds. The van der Waals surface area contributed by atoms with E-state index in [0.717, 1.165) is 0 Å². The first-order valence-electron chi connectivity index (χ1n) is 9.31. The Morgan fingerprint density at radius 1 is 0.844 bits per heavy atom. The van der Waals surface area contributed by atoms with E-state index < -0.39 is 13.3 Å². The van der Waals surface area contributed by atoms with E-state index in [-0.39, 0.29) is 49.5 Å². The van der Waals surface area contributed by atoms with Crippen LogP contribution >= 0.6 is 31.0 Å². The monoisotopic (exact) mass is 492 g/mol. The molecule has 32 heavy (non-hydrogen) atoms. The molecule has 0 aromatic heterocycles. The van der Waals surface area contributed by atoms with Crippen molar-refractivity contribution < 1.29 is 28.4 Å². The molecule has 0 saturated carbocycles. The molecule has 0 aliphatic heterocycles. The Kier molecular flexibility index (Phi) is 7.62. The van der Waals surface area contributed by atoms with Gasteiger partial charge in [0, 0.05) is 11.1 Å². The van der Waals surface area contributed by atoms with Gasteiger partial charge in [-0.05, 0) is 18.2 Å². The van der Waals surface area contributed by atoms with Crippen LogP contribution in [0.3, 0.4) is 0 Å². The van der Waals surface area contributed by atoms with Gasteiger partial charge in [0.25, 0.3) is 0 Å². The minimum Gasteiger partial charge on any atom is -0.496 e. The van der Waals surface area contributed by atoms with Gasteiger partial charge in [-0.1, -0.05) is 59.6 Å². The first-order valence-corrected chi connectivity index (χ1v) is 11.5. The SMILES string of the molecule is COc1cccc(OC)c1C(=O)[PH](=O)c1c(Cl)cc(C(=O)c2ccccc2)c(Cl)c1OC. The second-order valence-electron chi connectivity index (χ2n) is 6.52. The van der Waals surface area contributed by atoms with E-state index >= 15 is 0 Å². The summed E-state index contributed by atoms with van der Waals surface area (Å²) < 4.78 is 29.2. The molecule has 0 aliphatic carbocycles. The average Bonchev–Trinajstić information content (AvgIpc) is 2.83. The maximum absolute atomic E-state index is 13.4. The molecule has 0 N–H and O–H groups in total. The van der Waals surface area contributed by atoms with Gasteiger partial charge in [0.2, 0.25) is 5.52 Å². The third-order valence-electron chi connectivity index (χ3n) is 4.75. The van der Waals surface area contributed by atoms with Crippen molar-refractivity contribution in [3.05, 3.63) is 81.3 Å². The van der Waals surface area contributed by atoms with Gasteiger partial charge in [0.15, 0.2) is 19.3 Å². The largest absolute Gasteiger partial charge is 0.496 e. The Labute approximate surface area is 195 Å². The first kappa shape index (κ1) is 23.9. The molecule has 9 heteroatoms. The van der Waals surface area contributed by atoms with E-state index in [0.29, 0.717) is 5.56 Å². The van der Waals surface area contributed by atoms with E-state index in [1.54, 1.807) is 48.5 Å². The summed E-state index contributed by atoms with van der Waals surface area (Å²) in [5.41, 5.74) is -0.272. The van der Waals surface area contributed by atoms with E-state index in [9.17, 15) is 14.2 Å². The van der Waals surface area contributed by atoms with Gasteiger partial charge in [0.1, 0.15) is 17.1 Å². The summed E-state index contributed by atoms with van der Waals surface area (Å²) in [4.78, 5) is 26.1. The van der Waals surface area contributed by atoms with Gasteiger partial charge >= 0.3 is 0 Å². The zero-order valence-corrected chi connectivity index (χ0v) is 19.9. The van der Waals surface area contributed by atoms with Crippen molar-refractivity contribution in [3.8, 4) is 17.2 Å². The maximum Gasteiger partial charge on any atom is 0.230 e. The number of benzene rings is 3. The fraction of sp³-hybridized carbons (Fsp3) is 0.130. The zero-order chi connectivity index (χ0) is 23.4. The molecule has 0 radical (unpaired) electrons. The van der Waals surface area contributed by atoms with Gasteiger partial charge in [0.05, 0.1) is 36.7 Å². The topological polar surface area (TPSA) is 78.9 Å². The van der Waals surface area contributed by atoms with E-state index in [1.165, 1.54) is 27.4 Å². The Morgan fingerprint density at radius 2 is 1.44 bits per heavy atom. The predicted molar refractivity (Wildman–Crippen MR) is 125 cm³/mol. The van der Waals surface area contributed by atoms with Crippen LogP contribution in [0.4, 0.5) is 0 Å². The highest BCUT2D eigenvalue weighted by molar-refractivity contribution is 7.72. The van der Waals surface area contributed by atoms with Gasteiger partial charge in [-0.25, -0.2) is 0 Å². The quantitative estimate of drug-likeness (QED) is 0.314. The lowest BCUT2D eigenvalue weighted by Gasteiger charge is -2.16. The fourth-order valence-electron chi connectivity index (χ4n) is 3.22. The van der Waals surface area contributed by atoms with Crippen molar-refractivity contribution in [2.24, 2.45) is 0 Å². The molecule has 1 atom stereocenters. The van der Waals surface area contributed by atoms with Crippen LogP contribution in [0, 0.1) is 0 Å². The molecule has 0 fully saturated rings. The molecule has 3 aromatic carbocycles. The second kappa shape index (κ2) is 10.2. The Morgan fingerprint density at radius 3 is 1.97 bits per heavy atom. The molecule has 166 valence electrons. The summed E-state index contributed by atoms with van der Waals surface area (Å²) >= 11 is 12.9. The van der Waals surface area contributed by atoms with Crippen LogP contribution < -0.4 is 19.5 Å².